The predicted octanol–water partition coefficient (Wildman–Crippen LogP) is 7.24. The summed E-state index contributed by atoms with van der Waals surface area (Å²) in [6, 6.07) is 0. The molecule has 2 unspecified atom stereocenters. The second-order valence-electron chi connectivity index (χ2n) is 9.19. The van der Waals surface area contributed by atoms with Gasteiger partial charge in [-0.2, -0.15) is 0 Å². The van der Waals surface area contributed by atoms with Crippen molar-refractivity contribution in [3.8, 4) is 0 Å². The molecule has 0 fully saturated rings. The summed E-state index contributed by atoms with van der Waals surface area (Å²) < 4.78 is 5.83. The average Bonchev–Trinajstić information content (AvgIpc) is 2.65. The number of nitrogens with zero attached hydrogens (tertiary/aromatic N) is 1. The van der Waals surface area contributed by atoms with E-state index in [2.05, 4.69) is 52.8 Å². The molecule has 0 heterocycles. The molecule has 0 spiro atoms. The van der Waals surface area contributed by atoms with Crippen molar-refractivity contribution in [1.82, 2.24) is 4.90 Å². The summed E-state index contributed by atoms with van der Waals surface area (Å²) in [6.07, 6.45) is 14.2. The molecule has 0 aromatic carbocycles. The van der Waals surface area contributed by atoms with Crippen molar-refractivity contribution in [1.29, 1.82) is 0 Å². The lowest BCUT2D eigenvalue weighted by atomic mass is 9.65. The molecule has 1 aliphatic rings. The van der Waals surface area contributed by atoms with Crippen molar-refractivity contribution in [2.24, 2.45) is 23.2 Å². The molecular formula is C25H45NO2. The van der Waals surface area contributed by atoms with E-state index < -0.39 is 0 Å². The first-order valence-electron chi connectivity index (χ1n) is 11.6. The van der Waals surface area contributed by atoms with E-state index in [0.717, 1.165) is 25.2 Å². The average molecular weight is 392 g/mol. The van der Waals surface area contributed by atoms with Crippen LogP contribution in [0, 0.1) is 23.2 Å². The molecule has 1 aliphatic carbocycles. The lowest BCUT2D eigenvalue weighted by Gasteiger charge is -2.41. The van der Waals surface area contributed by atoms with Crippen LogP contribution < -0.4 is 0 Å². The summed E-state index contributed by atoms with van der Waals surface area (Å²) >= 11 is 0. The van der Waals surface area contributed by atoms with Gasteiger partial charge in [0.15, 0.2) is 0 Å². The maximum atomic E-state index is 12.4. The first kappa shape index (κ1) is 24.8. The molecule has 2 atom stereocenters. The van der Waals surface area contributed by atoms with E-state index in [9.17, 15) is 4.79 Å². The molecule has 3 heteroatoms. The van der Waals surface area contributed by atoms with Gasteiger partial charge in [0, 0.05) is 18.5 Å². The van der Waals surface area contributed by atoms with E-state index in [-0.39, 0.29) is 11.5 Å². The molecule has 162 valence electrons. The third kappa shape index (κ3) is 7.29. The second-order valence-corrected chi connectivity index (χ2v) is 9.19. The Kier molecular flexibility index (Phi) is 10.9. The standard InChI is InChI=1S/C25H45NO2/c1-8-16-25(19-28-24(27)26(9-2)10-3)17-15-22(18-23(25)21(6)7)14-12-11-13-20(4)5/h15,17-18,20-21,23H,8-14,16,19H2,1-7H3. The fourth-order valence-electron chi connectivity index (χ4n) is 4.44. The van der Waals surface area contributed by atoms with Crippen LogP contribution in [0.5, 0.6) is 0 Å². The number of amides is 1. The second kappa shape index (κ2) is 12.3. The topological polar surface area (TPSA) is 29.5 Å². The Bertz CT molecular complexity index is 517. The molecular weight excluding hydrogens is 346 g/mol. The van der Waals surface area contributed by atoms with Gasteiger partial charge in [0.05, 0.1) is 0 Å². The largest absolute Gasteiger partial charge is 0.448 e. The van der Waals surface area contributed by atoms with Crippen molar-refractivity contribution in [3.05, 3.63) is 23.8 Å². The monoisotopic (exact) mass is 391 g/mol. The van der Waals surface area contributed by atoms with Gasteiger partial charge in [-0.05, 0) is 50.9 Å². The minimum Gasteiger partial charge on any atom is -0.448 e. The van der Waals surface area contributed by atoms with Gasteiger partial charge in [-0.1, -0.05) is 77.7 Å². The van der Waals surface area contributed by atoms with E-state index in [1.165, 1.54) is 24.8 Å². The highest BCUT2D eigenvalue weighted by Gasteiger charge is 2.39. The molecule has 1 rings (SSSR count). The zero-order valence-corrected chi connectivity index (χ0v) is 19.6. The van der Waals surface area contributed by atoms with Gasteiger partial charge in [0.1, 0.15) is 6.61 Å². The highest BCUT2D eigenvalue weighted by molar-refractivity contribution is 5.67. The predicted molar refractivity (Wildman–Crippen MR) is 120 cm³/mol. The minimum atomic E-state index is -0.181. The molecule has 3 nitrogen and oxygen atoms in total. The Labute approximate surface area is 174 Å². The number of hydrogen-bond acceptors (Lipinski definition) is 2. The zero-order valence-electron chi connectivity index (χ0n) is 19.6. The van der Waals surface area contributed by atoms with Gasteiger partial charge in [-0.3, -0.25) is 0 Å². The molecule has 1 amide bonds. The van der Waals surface area contributed by atoms with Crippen molar-refractivity contribution >= 4 is 6.09 Å². The van der Waals surface area contributed by atoms with E-state index in [0.29, 0.717) is 31.5 Å². The third-order valence-corrected chi connectivity index (χ3v) is 6.10. The molecule has 0 saturated heterocycles. The molecule has 0 bridgehead atoms. The van der Waals surface area contributed by atoms with E-state index in [1.54, 1.807) is 4.90 Å². The zero-order chi connectivity index (χ0) is 21.2. The smallest absolute Gasteiger partial charge is 0.409 e. The van der Waals surface area contributed by atoms with Crippen molar-refractivity contribution in [3.63, 3.8) is 0 Å². The number of hydrogen-bond donors (Lipinski definition) is 0. The number of rotatable bonds is 12. The van der Waals surface area contributed by atoms with Crippen LogP contribution in [0.3, 0.4) is 0 Å². The number of carbonyl (C=O) groups is 1. The molecule has 28 heavy (non-hydrogen) atoms. The Morgan fingerprint density at radius 2 is 1.82 bits per heavy atom. The van der Waals surface area contributed by atoms with Crippen molar-refractivity contribution < 1.29 is 9.53 Å². The molecule has 0 aromatic rings. The van der Waals surface area contributed by atoms with Crippen LogP contribution in [-0.4, -0.2) is 30.7 Å². The molecule has 0 aliphatic heterocycles. The van der Waals surface area contributed by atoms with E-state index in [1.807, 2.05) is 13.8 Å². The Morgan fingerprint density at radius 1 is 1.14 bits per heavy atom. The van der Waals surface area contributed by atoms with Crippen molar-refractivity contribution in [2.75, 3.05) is 19.7 Å². The van der Waals surface area contributed by atoms with Crippen LogP contribution >= 0.6 is 0 Å². The maximum absolute atomic E-state index is 12.4. The fourth-order valence-corrected chi connectivity index (χ4v) is 4.44. The van der Waals surface area contributed by atoms with Crippen LogP contribution in [0.4, 0.5) is 4.79 Å². The van der Waals surface area contributed by atoms with Gasteiger partial charge in [-0.15, -0.1) is 0 Å². The normalized spacial score (nSPS) is 21.9. The van der Waals surface area contributed by atoms with Crippen LogP contribution in [0.1, 0.15) is 87.0 Å². The maximum Gasteiger partial charge on any atom is 0.409 e. The number of carbonyl (C=O) groups excluding carboxylic acids is 1. The lowest BCUT2D eigenvalue weighted by Crippen LogP contribution is -2.40. The minimum absolute atomic E-state index is 0.0762. The highest BCUT2D eigenvalue weighted by Crippen LogP contribution is 2.44. The van der Waals surface area contributed by atoms with Crippen LogP contribution in [0.25, 0.3) is 0 Å². The molecule has 0 N–H and O–H groups in total. The molecule has 0 radical (unpaired) electrons. The third-order valence-electron chi connectivity index (χ3n) is 6.10. The summed E-state index contributed by atoms with van der Waals surface area (Å²) in [5.41, 5.74) is 1.39. The summed E-state index contributed by atoms with van der Waals surface area (Å²) in [5, 5.41) is 0. The van der Waals surface area contributed by atoms with Crippen LogP contribution in [0.15, 0.2) is 23.8 Å². The van der Waals surface area contributed by atoms with E-state index in [4.69, 9.17) is 4.74 Å². The summed E-state index contributed by atoms with van der Waals surface area (Å²) in [5.74, 6) is 1.73. The Balaban J connectivity index is 2.86. The first-order valence-corrected chi connectivity index (χ1v) is 11.6. The number of unbranched alkanes of at least 4 members (excludes halogenated alkanes) is 1. The van der Waals surface area contributed by atoms with Crippen LogP contribution in [-0.2, 0) is 4.74 Å². The quantitative estimate of drug-likeness (QED) is 0.328. The highest BCUT2D eigenvalue weighted by atomic mass is 16.6. The van der Waals surface area contributed by atoms with Crippen molar-refractivity contribution in [2.45, 2.75) is 87.0 Å². The SMILES string of the molecule is CCCC1(COC(=O)N(CC)CC)C=CC(CCCCC(C)C)=CC1C(C)C. The molecule has 0 saturated carbocycles. The van der Waals surface area contributed by atoms with Gasteiger partial charge >= 0.3 is 6.09 Å². The van der Waals surface area contributed by atoms with Gasteiger partial charge < -0.3 is 9.64 Å². The Morgan fingerprint density at radius 3 is 2.36 bits per heavy atom. The van der Waals surface area contributed by atoms with Gasteiger partial charge in [-0.25, -0.2) is 4.79 Å². The first-order chi connectivity index (χ1) is 13.3. The van der Waals surface area contributed by atoms with Gasteiger partial charge in [0.2, 0.25) is 0 Å². The summed E-state index contributed by atoms with van der Waals surface area (Å²) in [7, 11) is 0. The van der Waals surface area contributed by atoms with Crippen LogP contribution in [0.2, 0.25) is 0 Å². The van der Waals surface area contributed by atoms with Gasteiger partial charge in [0.25, 0.3) is 0 Å². The number of allylic oxidation sites excluding steroid dienone is 3. The fraction of sp³-hybridized carbons (Fsp3) is 0.800. The summed E-state index contributed by atoms with van der Waals surface area (Å²) in [4.78, 5) is 14.2. The Hall–Kier alpha value is -1.25. The lowest BCUT2D eigenvalue weighted by molar-refractivity contribution is 0.0440. The molecule has 0 aromatic heterocycles. The van der Waals surface area contributed by atoms with E-state index >= 15 is 0 Å². The number of ether oxygens (including phenoxy) is 1. The summed E-state index contributed by atoms with van der Waals surface area (Å²) in [6.45, 7) is 17.3.